The monoisotopic (exact) mass is 377 g/mol. The van der Waals surface area contributed by atoms with E-state index in [1.807, 2.05) is 30.5 Å². The Balaban J connectivity index is 1.55. The van der Waals surface area contributed by atoms with Crippen LogP contribution in [0.15, 0.2) is 23.6 Å². The summed E-state index contributed by atoms with van der Waals surface area (Å²) in [6, 6.07) is 5.64. The SMILES string of the molecule is CCN(Cc1cccs1)C(=O)NNC(=O)c1cc2c(s1)CCC(C)C2. The molecule has 2 aromatic heterocycles. The number of thiophene rings is 2. The van der Waals surface area contributed by atoms with Gasteiger partial charge in [-0.3, -0.25) is 10.2 Å². The van der Waals surface area contributed by atoms with E-state index in [2.05, 4.69) is 17.8 Å². The highest BCUT2D eigenvalue weighted by molar-refractivity contribution is 7.14. The maximum Gasteiger partial charge on any atom is 0.336 e. The zero-order valence-corrected chi connectivity index (χ0v) is 16.1. The lowest BCUT2D eigenvalue weighted by atomic mass is 9.90. The van der Waals surface area contributed by atoms with Crippen molar-refractivity contribution in [2.45, 2.75) is 39.7 Å². The molecule has 0 saturated heterocycles. The number of fused-ring (bicyclic) bond motifs is 1. The lowest BCUT2D eigenvalue weighted by molar-refractivity contribution is 0.0933. The second kappa shape index (κ2) is 8.01. The minimum atomic E-state index is -0.292. The molecule has 2 heterocycles. The number of hydrogen-bond donors (Lipinski definition) is 2. The molecule has 7 heteroatoms. The normalized spacial score (nSPS) is 16.2. The summed E-state index contributed by atoms with van der Waals surface area (Å²) in [5.74, 6) is 0.431. The highest BCUT2D eigenvalue weighted by Gasteiger charge is 2.21. The van der Waals surface area contributed by atoms with Crippen molar-refractivity contribution >= 4 is 34.6 Å². The van der Waals surface area contributed by atoms with Crippen LogP contribution < -0.4 is 10.9 Å². The van der Waals surface area contributed by atoms with Crippen molar-refractivity contribution in [2.75, 3.05) is 6.54 Å². The quantitative estimate of drug-likeness (QED) is 0.796. The Kier molecular flexibility index (Phi) is 5.75. The number of carbonyl (C=O) groups excluding carboxylic acids is 2. The van der Waals surface area contributed by atoms with Crippen LogP contribution in [0.25, 0.3) is 0 Å². The van der Waals surface area contributed by atoms with Gasteiger partial charge in [-0.1, -0.05) is 13.0 Å². The summed E-state index contributed by atoms with van der Waals surface area (Å²) in [7, 11) is 0. The van der Waals surface area contributed by atoms with Crippen molar-refractivity contribution in [1.29, 1.82) is 0 Å². The fourth-order valence-electron chi connectivity index (χ4n) is 2.99. The molecule has 0 aliphatic heterocycles. The maximum atomic E-state index is 12.3. The van der Waals surface area contributed by atoms with E-state index in [4.69, 9.17) is 0 Å². The molecule has 0 spiro atoms. The maximum absolute atomic E-state index is 12.3. The molecular formula is C18H23N3O2S2. The molecule has 0 fully saturated rings. The summed E-state index contributed by atoms with van der Waals surface area (Å²) in [5, 5.41) is 1.99. The lowest BCUT2D eigenvalue weighted by Gasteiger charge is -2.20. The van der Waals surface area contributed by atoms with Crippen molar-refractivity contribution in [1.82, 2.24) is 15.8 Å². The molecule has 2 aromatic rings. The van der Waals surface area contributed by atoms with E-state index in [9.17, 15) is 9.59 Å². The van der Waals surface area contributed by atoms with Crippen LogP contribution in [0.2, 0.25) is 0 Å². The van der Waals surface area contributed by atoms with Gasteiger partial charge in [-0.2, -0.15) is 0 Å². The van der Waals surface area contributed by atoms with Crippen molar-refractivity contribution in [3.63, 3.8) is 0 Å². The molecule has 134 valence electrons. The minimum absolute atomic E-state index is 0.243. The number of rotatable bonds is 4. The summed E-state index contributed by atoms with van der Waals surface area (Å²) in [4.78, 5) is 29.4. The molecule has 1 atom stereocenters. The average Bonchev–Trinajstić information content (AvgIpc) is 3.26. The van der Waals surface area contributed by atoms with E-state index in [0.29, 0.717) is 23.9 Å². The van der Waals surface area contributed by atoms with Crippen LogP contribution in [-0.2, 0) is 19.4 Å². The van der Waals surface area contributed by atoms with Gasteiger partial charge in [-0.15, -0.1) is 22.7 Å². The summed E-state index contributed by atoms with van der Waals surface area (Å²) in [6.45, 7) is 5.28. The molecule has 1 aliphatic rings. The summed E-state index contributed by atoms with van der Waals surface area (Å²) < 4.78 is 0. The molecule has 3 amide bonds. The predicted molar refractivity (Wildman–Crippen MR) is 102 cm³/mol. The lowest BCUT2D eigenvalue weighted by Crippen LogP contribution is -2.48. The number of hydrogen-bond acceptors (Lipinski definition) is 4. The van der Waals surface area contributed by atoms with Crippen molar-refractivity contribution in [3.05, 3.63) is 43.8 Å². The standard InChI is InChI=1S/C18H23N3O2S2/c1-3-21(11-14-5-4-8-24-14)18(23)20-19-17(22)16-10-13-9-12(2)6-7-15(13)25-16/h4-5,8,10,12H,3,6-7,9,11H2,1-2H3,(H,19,22)(H,20,23). The molecule has 25 heavy (non-hydrogen) atoms. The van der Waals surface area contributed by atoms with Gasteiger partial charge in [0.05, 0.1) is 11.4 Å². The van der Waals surface area contributed by atoms with E-state index in [1.165, 1.54) is 28.2 Å². The predicted octanol–water partition coefficient (Wildman–Crippen LogP) is 3.81. The number of hydrazine groups is 1. The van der Waals surface area contributed by atoms with Gasteiger partial charge < -0.3 is 4.90 Å². The third-order valence-corrected chi connectivity index (χ3v) is 6.53. The van der Waals surface area contributed by atoms with E-state index < -0.39 is 0 Å². The zero-order chi connectivity index (χ0) is 17.8. The number of nitrogens with one attached hydrogen (secondary N) is 2. The first-order valence-electron chi connectivity index (χ1n) is 8.56. The van der Waals surface area contributed by atoms with Gasteiger partial charge in [0.1, 0.15) is 0 Å². The molecular weight excluding hydrogens is 354 g/mol. The van der Waals surface area contributed by atoms with Crippen LogP contribution in [0.5, 0.6) is 0 Å². The number of urea groups is 1. The first-order chi connectivity index (χ1) is 12.1. The fourth-order valence-corrected chi connectivity index (χ4v) is 4.81. The van der Waals surface area contributed by atoms with Crippen LogP contribution in [0.3, 0.4) is 0 Å². The van der Waals surface area contributed by atoms with Gasteiger partial charge >= 0.3 is 6.03 Å². The second-order valence-corrected chi connectivity index (χ2v) is 8.55. The van der Waals surface area contributed by atoms with Gasteiger partial charge in [0.2, 0.25) is 0 Å². The first kappa shape index (κ1) is 17.9. The molecule has 3 rings (SSSR count). The molecule has 1 unspecified atom stereocenters. The van der Waals surface area contributed by atoms with Crippen LogP contribution >= 0.6 is 22.7 Å². The van der Waals surface area contributed by atoms with E-state index in [-0.39, 0.29) is 11.9 Å². The molecule has 1 aliphatic carbocycles. The summed E-state index contributed by atoms with van der Waals surface area (Å²) in [5.41, 5.74) is 6.36. The topological polar surface area (TPSA) is 61.4 Å². The Hall–Kier alpha value is -1.86. The van der Waals surface area contributed by atoms with Gasteiger partial charge in [0.15, 0.2) is 0 Å². The Morgan fingerprint density at radius 3 is 2.92 bits per heavy atom. The van der Waals surface area contributed by atoms with E-state index in [1.54, 1.807) is 16.2 Å². The van der Waals surface area contributed by atoms with Crippen molar-refractivity contribution in [2.24, 2.45) is 5.92 Å². The highest BCUT2D eigenvalue weighted by atomic mass is 32.1. The highest BCUT2D eigenvalue weighted by Crippen LogP contribution is 2.32. The molecule has 0 aromatic carbocycles. The Bertz CT molecular complexity index is 740. The molecule has 0 bridgehead atoms. The number of aryl methyl sites for hydroxylation is 1. The third kappa shape index (κ3) is 4.41. The van der Waals surface area contributed by atoms with Crippen molar-refractivity contribution < 1.29 is 9.59 Å². The molecule has 0 saturated carbocycles. The van der Waals surface area contributed by atoms with Gasteiger partial charge in [0, 0.05) is 16.3 Å². The molecule has 2 N–H and O–H groups in total. The summed E-state index contributed by atoms with van der Waals surface area (Å²) >= 11 is 3.15. The van der Waals surface area contributed by atoms with Crippen LogP contribution in [0.4, 0.5) is 4.79 Å². The van der Waals surface area contributed by atoms with E-state index in [0.717, 1.165) is 17.7 Å². The fraction of sp³-hybridized carbons (Fsp3) is 0.444. The number of carbonyl (C=O) groups is 2. The Morgan fingerprint density at radius 2 is 2.20 bits per heavy atom. The van der Waals surface area contributed by atoms with Crippen LogP contribution in [0.1, 0.15) is 45.3 Å². The van der Waals surface area contributed by atoms with Gasteiger partial charge in [0.25, 0.3) is 5.91 Å². The number of nitrogens with zero attached hydrogens (tertiary/aromatic N) is 1. The minimum Gasteiger partial charge on any atom is -0.319 e. The molecule has 5 nitrogen and oxygen atoms in total. The van der Waals surface area contributed by atoms with Gasteiger partial charge in [-0.25, -0.2) is 10.2 Å². The van der Waals surface area contributed by atoms with Crippen molar-refractivity contribution in [3.8, 4) is 0 Å². The largest absolute Gasteiger partial charge is 0.336 e. The van der Waals surface area contributed by atoms with Crippen LogP contribution in [0, 0.1) is 5.92 Å². The number of amides is 3. The zero-order valence-electron chi connectivity index (χ0n) is 14.5. The first-order valence-corrected chi connectivity index (χ1v) is 10.3. The van der Waals surface area contributed by atoms with Gasteiger partial charge in [-0.05, 0) is 55.2 Å². The molecule has 0 radical (unpaired) electrons. The van der Waals surface area contributed by atoms with E-state index >= 15 is 0 Å². The second-order valence-electron chi connectivity index (χ2n) is 6.38. The smallest absolute Gasteiger partial charge is 0.319 e. The average molecular weight is 378 g/mol. The summed E-state index contributed by atoms with van der Waals surface area (Å²) in [6.07, 6.45) is 3.26. The Labute approximate surface area is 156 Å². The van der Waals surface area contributed by atoms with Crippen LogP contribution in [-0.4, -0.2) is 23.4 Å². The Morgan fingerprint density at radius 1 is 1.36 bits per heavy atom. The third-order valence-electron chi connectivity index (χ3n) is 4.43.